The number of imidazole rings is 1. The summed E-state index contributed by atoms with van der Waals surface area (Å²) >= 11 is 0. The molecule has 6 aromatic rings. The van der Waals surface area contributed by atoms with Gasteiger partial charge in [-0.15, -0.1) is 0 Å². The van der Waals surface area contributed by atoms with Gasteiger partial charge in [0, 0.05) is 29.9 Å². The third-order valence-corrected chi connectivity index (χ3v) is 6.18. The van der Waals surface area contributed by atoms with Gasteiger partial charge in [-0.3, -0.25) is 19.9 Å². The molecule has 0 radical (unpaired) electrons. The molecule has 5 aromatic heterocycles. The molecule has 0 bridgehead atoms. The number of aromatic nitrogens is 7. The van der Waals surface area contributed by atoms with E-state index in [2.05, 4.69) is 40.4 Å². The van der Waals surface area contributed by atoms with Crippen LogP contribution in [0.1, 0.15) is 20.3 Å². The minimum absolute atomic E-state index is 0.0484. The van der Waals surface area contributed by atoms with Crippen LogP contribution in [0.2, 0.25) is 0 Å². The van der Waals surface area contributed by atoms with Crippen LogP contribution in [0.4, 0.5) is 14.5 Å². The molecule has 0 atom stereocenters. The highest BCUT2D eigenvalue weighted by atomic mass is 19.1. The Hall–Kier alpha value is -5.06. The van der Waals surface area contributed by atoms with E-state index >= 15 is 4.39 Å². The van der Waals surface area contributed by atoms with Gasteiger partial charge in [-0.25, -0.2) is 18.7 Å². The minimum atomic E-state index is -0.623. The number of pyridine rings is 3. The number of anilines is 1. The number of hydrogen-bond donors (Lipinski definition) is 3. The van der Waals surface area contributed by atoms with E-state index in [0.29, 0.717) is 45.5 Å². The predicted octanol–water partition coefficient (Wildman–Crippen LogP) is 5.89. The summed E-state index contributed by atoms with van der Waals surface area (Å²) in [5, 5.41) is 10.1. The maximum atomic E-state index is 16.0. The number of nitrogens with zero attached hydrogens (tertiary/aromatic N) is 5. The first kappa shape index (κ1) is 24.3. The maximum Gasteiger partial charge on any atom is 0.224 e. The van der Waals surface area contributed by atoms with Crippen LogP contribution in [-0.2, 0) is 4.79 Å². The van der Waals surface area contributed by atoms with Crippen LogP contribution >= 0.6 is 0 Å². The highest BCUT2D eigenvalue weighted by Gasteiger charge is 2.22. The molecule has 11 heteroatoms. The second kappa shape index (κ2) is 9.67. The van der Waals surface area contributed by atoms with E-state index in [9.17, 15) is 9.18 Å². The normalized spacial score (nSPS) is 11.5. The second-order valence-electron chi connectivity index (χ2n) is 9.54. The molecule has 0 spiro atoms. The number of aromatic amines is 2. The molecule has 1 amide bonds. The van der Waals surface area contributed by atoms with E-state index in [1.165, 1.54) is 30.7 Å². The summed E-state index contributed by atoms with van der Waals surface area (Å²) in [5.74, 6) is -0.660. The van der Waals surface area contributed by atoms with Crippen molar-refractivity contribution in [1.29, 1.82) is 0 Å². The van der Waals surface area contributed by atoms with E-state index in [1.807, 2.05) is 13.8 Å². The molecule has 0 aliphatic carbocycles. The van der Waals surface area contributed by atoms with Gasteiger partial charge in [-0.05, 0) is 35.7 Å². The van der Waals surface area contributed by atoms with Gasteiger partial charge in [0.1, 0.15) is 22.7 Å². The first-order chi connectivity index (χ1) is 18.9. The Labute approximate surface area is 220 Å². The first-order valence-electron chi connectivity index (χ1n) is 12.3. The van der Waals surface area contributed by atoms with Crippen molar-refractivity contribution in [2.24, 2.45) is 5.92 Å². The Morgan fingerprint density at radius 1 is 1.03 bits per heavy atom. The number of carbonyl (C=O) groups excluding carboxylic acids is 1. The molecule has 0 fully saturated rings. The highest BCUT2D eigenvalue weighted by Crippen LogP contribution is 2.34. The summed E-state index contributed by atoms with van der Waals surface area (Å²) in [7, 11) is 0. The zero-order valence-electron chi connectivity index (χ0n) is 21.0. The Morgan fingerprint density at radius 3 is 2.72 bits per heavy atom. The molecule has 39 heavy (non-hydrogen) atoms. The van der Waals surface area contributed by atoms with Crippen LogP contribution in [0.25, 0.3) is 56.0 Å². The molecule has 0 unspecified atom stereocenters. The van der Waals surface area contributed by atoms with Gasteiger partial charge in [0.15, 0.2) is 17.3 Å². The maximum absolute atomic E-state index is 16.0. The van der Waals surface area contributed by atoms with Crippen molar-refractivity contribution < 1.29 is 13.6 Å². The van der Waals surface area contributed by atoms with E-state index in [4.69, 9.17) is 0 Å². The van der Waals surface area contributed by atoms with Gasteiger partial charge in [-0.2, -0.15) is 5.10 Å². The number of carbonyl (C=O) groups is 1. The fourth-order valence-electron chi connectivity index (χ4n) is 4.48. The van der Waals surface area contributed by atoms with E-state index in [0.717, 1.165) is 0 Å². The van der Waals surface area contributed by atoms with Crippen LogP contribution in [0, 0.1) is 17.6 Å². The van der Waals surface area contributed by atoms with Crippen LogP contribution < -0.4 is 5.32 Å². The minimum Gasteiger partial charge on any atom is -0.325 e. The van der Waals surface area contributed by atoms with Crippen LogP contribution in [0.15, 0.2) is 61.2 Å². The van der Waals surface area contributed by atoms with Gasteiger partial charge in [0.05, 0.1) is 29.0 Å². The summed E-state index contributed by atoms with van der Waals surface area (Å²) in [4.78, 5) is 32.7. The Bertz CT molecular complexity index is 1860. The summed E-state index contributed by atoms with van der Waals surface area (Å²) in [6, 6.07) is 9.55. The lowest BCUT2D eigenvalue weighted by molar-refractivity contribution is -0.116. The largest absolute Gasteiger partial charge is 0.325 e. The Morgan fingerprint density at radius 2 is 1.90 bits per heavy atom. The van der Waals surface area contributed by atoms with Gasteiger partial charge in [0.25, 0.3) is 0 Å². The van der Waals surface area contributed by atoms with Gasteiger partial charge < -0.3 is 10.3 Å². The molecule has 6 rings (SSSR count). The smallest absolute Gasteiger partial charge is 0.224 e. The van der Waals surface area contributed by atoms with Crippen molar-refractivity contribution in [1.82, 2.24) is 35.1 Å². The molecule has 5 heterocycles. The highest BCUT2D eigenvalue weighted by molar-refractivity contribution is 5.97. The number of benzene rings is 1. The standard InChI is InChI=1S/C28H22F2N8O/c1-14(2)8-21(39)34-18-10-16(11-31-12-18)24-23(30)22-20(13-33-24)37-38-26(22)28-35-25-19(6-7-32-27(25)36-28)15-4-3-5-17(29)9-15/h3-7,9-14H,8H2,1-2H3,(H,34,39)(H,37,38)(H,32,35,36). The molecular formula is C28H22F2N8O. The zero-order valence-corrected chi connectivity index (χ0v) is 21.0. The number of amides is 1. The number of nitrogens with one attached hydrogen (secondary N) is 3. The Balaban J connectivity index is 1.42. The number of halogens is 2. The molecule has 9 nitrogen and oxygen atoms in total. The average molecular weight is 525 g/mol. The van der Waals surface area contributed by atoms with Crippen LogP contribution in [-0.4, -0.2) is 41.0 Å². The van der Waals surface area contributed by atoms with Crippen molar-refractivity contribution in [2.75, 3.05) is 5.32 Å². The Kier molecular flexibility index (Phi) is 6.02. The fourth-order valence-corrected chi connectivity index (χ4v) is 4.48. The van der Waals surface area contributed by atoms with Gasteiger partial charge >= 0.3 is 0 Å². The zero-order chi connectivity index (χ0) is 27.1. The van der Waals surface area contributed by atoms with Gasteiger partial charge in [-0.1, -0.05) is 26.0 Å². The SMILES string of the molecule is CC(C)CC(=O)Nc1cncc(-c2ncc3[nH]nc(-c4nc5c(-c6cccc(F)c6)ccnc5[nH]4)c3c2F)c1. The quantitative estimate of drug-likeness (QED) is 0.250. The molecule has 1 aromatic carbocycles. The summed E-state index contributed by atoms with van der Waals surface area (Å²) in [6.07, 6.45) is 6.40. The summed E-state index contributed by atoms with van der Waals surface area (Å²) in [5.41, 5.74) is 3.76. The molecule has 0 saturated heterocycles. The molecule has 194 valence electrons. The summed E-state index contributed by atoms with van der Waals surface area (Å²) in [6.45, 7) is 3.90. The fraction of sp³-hybridized carbons (Fsp3) is 0.143. The average Bonchev–Trinajstić information content (AvgIpc) is 3.53. The predicted molar refractivity (Wildman–Crippen MR) is 143 cm³/mol. The lowest BCUT2D eigenvalue weighted by Gasteiger charge is -2.09. The topological polar surface area (TPSA) is 125 Å². The number of rotatable bonds is 6. The number of H-pyrrole nitrogens is 2. The van der Waals surface area contributed by atoms with Crippen LogP contribution in [0.3, 0.4) is 0 Å². The van der Waals surface area contributed by atoms with Crippen molar-refractivity contribution in [3.05, 3.63) is 72.8 Å². The molecule has 3 N–H and O–H groups in total. The second-order valence-corrected chi connectivity index (χ2v) is 9.54. The monoisotopic (exact) mass is 524 g/mol. The summed E-state index contributed by atoms with van der Waals surface area (Å²) < 4.78 is 29.9. The van der Waals surface area contributed by atoms with Crippen molar-refractivity contribution in [2.45, 2.75) is 20.3 Å². The van der Waals surface area contributed by atoms with Gasteiger partial charge in [0.2, 0.25) is 5.91 Å². The molecular weight excluding hydrogens is 502 g/mol. The van der Waals surface area contributed by atoms with E-state index in [-0.39, 0.29) is 40.2 Å². The third kappa shape index (κ3) is 4.58. The number of fused-ring (bicyclic) bond motifs is 2. The van der Waals surface area contributed by atoms with Crippen molar-refractivity contribution in [3.63, 3.8) is 0 Å². The first-order valence-corrected chi connectivity index (χ1v) is 12.3. The lowest BCUT2D eigenvalue weighted by atomic mass is 10.1. The van der Waals surface area contributed by atoms with Crippen molar-refractivity contribution in [3.8, 4) is 33.9 Å². The molecule has 0 aliphatic rings. The molecule has 0 aliphatic heterocycles. The van der Waals surface area contributed by atoms with E-state index in [1.54, 1.807) is 30.5 Å². The lowest BCUT2D eigenvalue weighted by Crippen LogP contribution is -2.14. The number of hydrogen-bond acceptors (Lipinski definition) is 6. The molecule has 0 saturated carbocycles. The van der Waals surface area contributed by atoms with Crippen molar-refractivity contribution >= 4 is 33.7 Å². The van der Waals surface area contributed by atoms with Crippen LogP contribution in [0.5, 0.6) is 0 Å². The van der Waals surface area contributed by atoms with E-state index < -0.39 is 5.82 Å². The third-order valence-electron chi connectivity index (χ3n) is 6.18.